The van der Waals surface area contributed by atoms with Crippen LogP contribution in [0.2, 0.25) is 0 Å². The number of nitriles is 1. The molecular formula is C13H18N2O2. The SMILES string of the molecule is CC[C@@H](CO)NCc1ccc(OC)c(C#N)c1. The van der Waals surface area contributed by atoms with Crippen molar-refractivity contribution in [3.63, 3.8) is 0 Å². The van der Waals surface area contributed by atoms with Crippen LogP contribution in [-0.2, 0) is 6.54 Å². The molecule has 1 atom stereocenters. The van der Waals surface area contributed by atoms with Crippen LogP contribution in [0.15, 0.2) is 18.2 Å². The number of hydrogen-bond acceptors (Lipinski definition) is 4. The summed E-state index contributed by atoms with van der Waals surface area (Å²) in [7, 11) is 1.55. The Labute approximate surface area is 102 Å². The fourth-order valence-corrected chi connectivity index (χ4v) is 1.55. The number of nitrogens with one attached hydrogen (secondary N) is 1. The first kappa shape index (κ1) is 13.5. The average Bonchev–Trinajstić information content (AvgIpc) is 2.39. The van der Waals surface area contributed by atoms with Crippen LogP contribution >= 0.6 is 0 Å². The number of benzene rings is 1. The molecule has 4 heteroatoms. The highest BCUT2D eigenvalue weighted by atomic mass is 16.5. The van der Waals surface area contributed by atoms with Crippen LogP contribution in [0.4, 0.5) is 0 Å². The predicted octanol–water partition coefficient (Wildman–Crippen LogP) is 1.43. The van der Waals surface area contributed by atoms with E-state index in [-0.39, 0.29) is 12.6 Å². The molecule has 0 aliphatic carbocycles. The molecule has 1 aromatic rings. The van der Waals surface area contributed by atoms with Gasteiger partial charge in [-0.3, -0.25) is 0 Å². The maximum absolute atomic E-state index is 9.05. The molecule has 4 nitrogen and oxygen atoms in total. The van der Waals surface area contributed by atoms with E-state index in [9.17, 15) is 0 Å². The number of methoxy groups -OCH3 is 1. The van der Waals surface area contributed by atoms with Gasteiger partial charge in [-0.1, -0.05) is 13.0 Å². The quantitative estimate of drug-likeness (QED) is 0.781. The molecule has 17 heavy (non-hydrogen) atoms. The highest BCUT2D eigenvalue weighted by molar-refractivity contribution is 5.45. The predicted molar refractivity (Wildman–Crippen MR) is 65.7 cm³/mol. The molecule has 0 bridgehead atoms. The van der Waals surface area contributed by atoms with Crippen molar-refractivity contribution in [2.75, 3.05) is 13.7 Å². The van der Waals surface area contributed by atoms with Gasteiger partial charge in [-0.2, -0.15) is 5.26 Å². The Kier molecular flexibility index (Phi) is 5.47. The maximum atomic E-state index is 9.05. The Bertz CT molecular complexity index is 395. The molecule has 0 saturated carbocycles. The molecule has 92 valence electrons. The van der Waals surface area contributed by atoms with E-state index in [1.54, 1.807) is 19.2 Å². The Morgan fingerprint density at radius 3 is 2.82 bits per heavy atom. The lowest BCUT2D eigenvalue weighted by molar-refractivity contribution is 0.238. The van der Waals surface area contributed by atoms with Gasteiger partial charge in [0.1, 0.15) is 11.8 Å². The molecule has 0 saturated heterocycles. The number of aliphatic hydroxyl groups is 1. The van der Waals surface area contributed by atoms with Gasteiger partial charge in [-0.25, -0.2) is 0 Å². The minimum atomic E-state index is 0.0997. The topological polar surface area (TPSA) is 65.3 Å². The third kappa shape index (κ3) is 3.74. The molecule has 0 aromatic heterocycles. The zero-order valence-electron chi connectivity index (χ0n) is 10.2. The van der Waals surface area contributed by atoms with Crippen molar-refractivity contribution in [2.24, 2.45) is 0 Å². The van der Waals surface area contributed by atoms with Gasteiger partial charge < -0.3 is 15.2 Å². The zero-order valence-corrected chi connectivity index (χ0v) is 10.2. The molecule has 0 aliphatic heterocycles. The van der Waals surface area contributed by atoms with Crippen LogP contribution in [0.1, 0.15) is 24.5 Å². The van der Waals surface area contributed by atoms with Crippen LogP contribution in [-0.4, -0.2) is 24.9 Å². The molecule has 0 amide bonds. The lowest BCUT2D eigenvalue weighted by atomic mass is 10.1. The summed E-state index contributed by atoms with van der Waals surface area (Å²) >= 11 is 0. The Morgan fingerprint density at radius 1 is 1.53 bits per heavy atom. The first-order chi connectivity index (χ1) is 8.24. The Morgan fingerprint density at radius 2 is 2.29 bits per heavy atom. The molecule has 0 heterocycles. The van der Waals surface area contributed by atoms with Crippen molar-refractivity contribution in [1.29, 1.82) is 5.26 Å². The second kappa shape index (κ2) is 6.89. The summed E-state index contributed by atoms with van der Waals surface area (Å²) in [5.41, 5.74) is 1.54. The third-order valence-corrected chi connectivity index (χ3v) is 2.69. The summed E-state index contributed by atoms with van der Waals surface area (Å²) in [5.74, 6) is 0.588. The van der Waals surface area contributed by atoms with Crippen molar-refractivity contribution >= 4 is 0 Å². The number of ether oxygens (including phenoxy) is 1. The van der Waals surface area contributed by atoms with Gasteiger partial charge >= 0.3 is 0 Å². The third-order valence-electron chi connectivity index (χ3n) is 2.69. The normalized spacial score (nSPS) is 11.9. The average molecular weight is 234 g/mol. The van der Waals surface area contributed by atoms with Crippen LogP contribution in [0.3, 0.4) is 0 Å². The Hall–Kier alpha value is -1.57. The minimum Gasteiger partial charge on any atom is -0.495 e. The first-order valence-corrected chi connectivity index (χ1v) is 5.66. The summed E-state index contributed by atoms with van der Waals surface area (Å²) in [6, 6.07) is 7.70. The largest absolute Gasteiger partial charge is 0.495 e. The monoisotopic (exact) mass is 234 g/mol. The van der Waals surface area contributed by atoms with Crippen molar-refractivity contribution in [3.05, 3.63) is 29.3 Å². The van der Waals surface area contributed by atoms with Gasteiger partial charge in [0, 0.05) is 12.6 Å². The van der Waals surface area contributed by atoms with Crippen molar-refractivity contribution < 1.29 is 9.84 Å². The van der Waals surface area contributed by atoms with Crippen LogP contribution in [0, 0.1) is 11.3 Å². The molecule has 0 radical (unpaired) electrons. The lowest BCUT2D eigenvalue weighted by Gasteiger charge is -2.14. The van der Waals surface area contributed by atoms with Gasteiger partial charge in [-0.15, -0.1) is 0 Å². The highest BCUT2D eigenvalue weighted by Crippen LogP contribution is 2.18. The van der Waals surface area contributed by atoms with E-state index < -0.39 is 0 Å². The number of aliphatic hydroxyl groups excluding tert-OH is 1. The number of hydrogen-bond donors (Lipinski definition) is 2. The van der Waals surface area contributed by atoms with Gasteiger partial charge in [0.15, 0.2) is 0 Å². The number of nitrogens with zero attached hydrogens (tertiary/aromatic N) is 1. The molecule has 2 N–H and O–H groups in total. The summed E-state index contributed by atoms with van der Waals surface area (Å²) in [6.45, 7) is 2.78. The van der Waals surface area contributed by atoms with Crippen molar-refractivity contribution in [1.82, 2.24) is 5.32 Å². The first-order valence-electron chi connectivity index (χ1n) is 5.66. The molecule has 0 aliphatic rings. The number of rotatable bonds is 6. The second-order valence-corrected chi connectivity index (χ2v) is 3.82. The van der Waals surface area contributed by atoms with E-state index in [0.29, 0.717) is 17.9 Å². The fourth-order valence-electron chi connectivity index (χ4n) is 1.55. The molecule has 0 spiro atoms. The smallest absolute Gasteiger partial charge is 0.136 e. The van der Waals surface area contributed by atoms with E-state index in [2.05, 4.69) is 11.4 Å². The van der Waals surface area contributed by atoms with E-state index in [0.717, 1.165) is 12.0 Å². The highest BCUT2D eigenvalue weighted by Gasteiger charge is 2.06. The van der Waals surface area contributed by atoms with E-state index in [1.807, 2.05) is 13.0 Å². The van der Waals surface area contributed by atoms with Crippen LogP contribution < -0.4 is 10.1 Å². The molecular weight excluding hydrogens is 216 g/mol. The second-order valence-electron chi connectivity index (χ2n) is 3.82. The lowest BCUT2D eigenvalue weighted by Crippen LogP contribution is -2.31. The van der Waals surface area contributed by atoms with Crippen molar-refractivity contribution in [2.45, 2.75) is 25.9 Å². The van der Waals surface area contributed by atoms with E-state index >= 15 is 0 Å². The summed E-state index contributed by atoms with van der Waals surface area (Å²) < 4.78 is 5.08. The van der Waals surface area contributed by atoms with Crippen molar-refractivity contribution in [3.8, 4) is 11.8 Å². The molecule has 0 unspecified atom stereocenters. The van der Waals surface area contributed by atoms with Gasteiger partial charge in [0.05, 0.1) is 19.3 Å². The molecule has 0 fully saturated rings. The molecule has 1 aromatic carbocycles. The van der Waals surface area contributed by atoms with Gasteiger partial charge in [0.2, 0.25) is 0 Å². The van der Waals surface area contributed by atoms with Gasteiger partial charge in [-0.05, 0) is 24.1 Å². The summed E-state index contributed by atoms with van der Waals surface area (Å²) in [6.07, 6.45) is 0.873. The summed E-state index contributed by atoms with van der Waals surface area (Å²) in [4.78, 5) is 0. The summed E-state index contributed by atoms with van der Waals surface area (Å²) in [5, 5.41) is 21.2. The minimum absolute atomic E-state index is 0.0997. The standard InChI is InChI=1S/C13H18N2O2/c1-3-12(9-16)15-8-10-4-5-13(17-2)11(6-10)7-14/h4-6,12,15-16H,3,8-9H2,1-2H3/t12-/m0/s1. The fraction of sp³-hybridized carbons (Fsp3) is 0.462. The Balaban J connectivity index is 2.70. The van der Waals surface area contributed by atoms with Crippen LogP contribution in [0.25, 0.3) is 0 Å². The molecule has 1 rings (SSSR count). The maximum Gasteiger partial charge on any atom is 0.136 e. The zero-order chi connectivity index (χ0) is 12.7. The van der Waals surface area contributed by atoms with Gasteiger partial charge in [0.25, 0.3) is 0 Å². The van der Waals surface area contributed by atoms with Crippen LogP contribution in [0.5, 0.6) is 5.75 Å². The van der Waals surface area contributed by atoms with E-state index in [4.69, 9.17) is 15.1 Å². The van der Waals surface area contributed by atoms with E-state index in [1.165, 1.54) is 0 Å².